The smallest absolute Gasteiger partial charge is 0.241 e. The van der Waals surface area contributed by atoms with Crippen LogP contribution in [0.1, 0.15) is 32.3 Å². The van der Waals surface area contributed by atoms with Gasteiger partial charge in [0.25, 0.3) is 0 Å². The number of nitrogens with two attached hydrogens (primary N) is 1. The number of nitrogens with one attached hydrogen (secondary N) is 2. The van der Waals surface area contributed by atoms with E-state index in [1.165, 1.54) is 0 Å². The highest BCUT2D eigenvalue weighted by Gasteiger charge is 2.12. The monoisotopic (exact) mass is 277 g/mol. The molecule has 0 fully saturated rings. The number of rotatable bonds is 7. The van der Waals surface area contributed by atoms with Gasteiger partial charge in [0.05, 0.1) is 12.5 Å². The number of likely N-dealkylation sites (N-methyl/N-ethyl adjacent to an activating group) is 1. The molecular formula is C15H23N3O2. The van der Waals surface area contributed by atoms with Crippen LogP contribution in [0.15, 0.2) is 24.3 Å². The molecule has 1 atom stereocenters. The van der Waals surface area contributed by atoms with Crippen molar-refractivity contribution in [2.75, 3.05) is 11.9 Å². The molecule has 4 N–H and O–H groups in total. The van der Waals surface area contributed by atoms with Crippen molar-refractivity contribution in [1.82, 2.24) is 5.32 Å². The third kappa shape index (κ3) is 5.40. The fourth-order valence-corrected chi connectivity index (χ4v) is 1.83. The van der Waals surface area contributed by atoms with Crippen LogP contribution in [-0.2, 0) is 16.0 Å². The van der Waals surface area contributed by atoms with Crippen molar-refractivity contribution in [3.05, 3.63) is 29.8 Å². The predicted molar refractivity (Wildman–Crippen MR) is 80.3 cm³/mol. The Labute approximate surface area is 119 Å². The molecular weight excluding hydrogens is 254 g/mol. The third-order valence-corrected chi connectivity index (χ3v) is 2.90. The van der Waals surface area contributed by atoms with Crippen LogP contribution in [0.4, 0.5) is 5.69 Å². The minimum absolute atomic E-state index is 0.00532. The maximum atomic E-state index is 11.8. The van der Waals surface area contributed by atoms with Crippen molar-refractivity contribution < 1.29 is 9.59 Å². The molecule has 0 saturated heterocycles. The summed E-state index contributed by atoms with van der Waals surface area (Å²) in [7, 11) is 0. The first-order valence-corrected chi connectivity index (χ1v) is 6.98. The molecule has 1 aromatic carbocycles. The van der Waals surface area contributed by atoms with Gasteiger partial charge in [0.1, 0.15) is 0 Å². The molecule has 0 saturated carbocycles. The molecule has 5 heteroatoms. The van der Waals surface area contributed by atoms with E-state index in [1.54, 1.807) is 12.1 Å². The molecule has 1 unspecified atom stereocenters. The first-order chi connectivity index (χ1) is 9.56. The number of carbonyl (C=O) groups excluding carboxylic acids is 2. The lowest BCUT2D eigenvalue weighted by molar-refractivity contribution is -0.120. The zero-order chi connectivity index (χ0) is 15.0. The van der Waals surface area contributed by atoms with E-state index < -0.39 is 6.04 Å². The number of anilines is 1. The van der Waals surface area contributed by atoms with Gasteiger partial charge in [-0.05, 0) is 31.0 Å². The van der Waals surface area contributed by atoms with Crippen LogP contribution in [0, 0.1) is 0 Å². The summed E-state index contributed by atoms with van der Waals surface area (Å²) >= 11 is 0. The minimum atomic E-state index is -0.477. The summed E-state index contributed by atoms with van der Waals surface area (Å²) < 4.78 is 0. The van der Waals surface area contributed by atoms with Crippen molar-refractivity contribution in [2.45, 2.75) is 39.2 Å². The highest BCUT2D eigenvalue weighted by atomic mass is 16.2. The zero-order valence-corrected chi connectivity index (χ0v) is 12.1. The van der Waals surface area contributed by atoms with Crippen molar-refractivity contribution in [3.8, 4) is 0 Å². The Bertz CT molecular complexity index is 443. The summed E-state index contributed by atoms with van der Waals surface area (Å²) in [5.41, 5.74) is 7.34. The topological polar surface area (TPSA) is 84.2 Å². The van der Waals surface area contributed by atoms with Gasteiger partial charge in [-0.2, -0.15) is 0 Å². The van der Waals surface area contributed by atoms with Crippen molar-refractivity contribution in [3.63, 3.8) is 0 Å². The van der Waals surface area contributed by atoms with Crippen LogP contribution in [0.3, 0.4) is 0 Å². The second kappa shape index (κ2) is 8.32. The number of amides is 2. The summed E-state index contributed by atoms with van der Waals surface area (Å²) in [6.45, 7) is 4.50. The van der Waals surface area contributed by atoms with E-state index in [0.717, 1.165) is 12.0 Å². The van der Waals surface area contributed by atoms with Gasteiger partial charge in [0.15, 0.2) is 0 Å². The molecule has 0 spiro atoms. The summed E-state index contributed by atoms with van der Waals surface area (Å²) in [4.78, 5) is 23.2. The van der Waals surface area contributed by atoms with Gasteiger partial charge < -0.3 is 16.4 Å². The average Bonchev–Trinajstić information content (AvgIpc) is 2.41. The largest absolute Gasteiger partial charge is 0.356 e. The molecule has 0 aromatic heterocycles. The predicted octanol–water partition coefficient (Wildman–Crippen LogP) is 1.43. The van der Waals surface area contributed by atoms with E-state index in [1.807, 2.05) is 26.0 Å². The maximum absolute atomic E-state index is 11.8. The maximum Gasteiger partial charge on any atom is 0.241 e. The van der Waals surface area contributed by atoms with Crippen LogP contribution in [0.5, 0.6) is 0 Å². The number of hydrogen-bond donors (Lipinski definition) is 3. The standard InChI is InChI=1S/C15H23N3O2/c1-3-5-13(16)15(20)18-12-8-6-11(7-9-12)10-14(19)17-4-2/h6-9,13H,3-5,10,16H2,1-2H3,(H,17,19)(H,18,20). The van der Waals surface area contributed by atoms with Crippen LogP contribution in [-0.4, -0.2) is 24.4 Å². The summed E-state index contributed by atoms with van der Waals surface area (Å²) in [5, 5.41) is 5.51. The molecule has 1 aromatic rings. The molecule has 110 valence electrons. The Morgan fingerprint density at radius 2 is 1.85 bits per heavy atom. The molecule has 20 heavy (non-hydrogen) atoms. The van der Waals surface area contributed by atoms with Gasteiger partial charge in [-0.1, -0.05) is 25.5 Å². The first-order valence-electron chi connectivity index (χ1n) is 6.98. The van der Waals surface area contributed by atoms with Crippen LogP contribution < -0.4 is 16.4 Å². The lowest BCUT2D eigenvalue weighted by Crippen LogP contribution is -2.35. The Morgan fingerprint density at radius 3 is 2.40 bits per heavy atom. The van der Waals surface area contributed by atoms with Gasteiger partial charge in [-0.25, -0.2) is 0 Å². The number of carbonyl (C=O) groups is 2. The molecule has 5 nitrogen and oxygen atoms in total. The number of hydrogen-bond acceptors (Lipinski definition) is 3. The molecule has 0 aliphatic heterocycles. The molecule has 0 radical (unpaired) electrons. The molecule has 0 aliphatic rings. The van der Waals surface area contributed by atoms with Gasteiger partial charge in [-0.15, -0.1) is 0 Å². The van der Waals surface area contributed by atoms with Crippen LogP contribution in [0.2, 0.25) is 0 Å². The second-order valence-corrected chi connectivity index (χ2v) is 4.71. The van der Waals surface area contributed by atoms with E-state index in [4.69, 9.17) is 5.73 Å². The number of benzene rings is 1. The quantitative estimate of drug-likeness (QED) is 0.705. The second-order valence-electron chi connectivity index (χ2n) is 4.71. The van der Waals surface area contributed by atoms with Crippen molar-refractivity contribution in [2.24, 2.45) is 5.73 Å². The van der Waals surface area contributed by atoms with E-state index >= 15 is 0 Å². The molecule has 0 heterocycles. The minimum Gasteiger partial charge on any atom is -0.356 e. The highest BCUT2D eigenvalue weighted by Crippen LogP contribution is 2.11. The van der Waals surface area contributed by atoms with Gasteiger partial charge in [0.2, 0.25) is 11.8 Å². The summed E-state index contributed by atoms with van der Waals surface area (Å²) in [5.74, 6) is -0.183. The SMILES string of the molecule is CCCC(N)C(=O)Nc1ccc(CC(=O)NCC)cc1. The van der Waals surface area contributed by atoms with E-state index in [2.05, 4.69) is 10.6 Å². The van der Waals surface area contributed by atoms with E-state index in [0.29, 0.717) is 25.1 Å². The van der Waals surface area contributed by atoms with Crippen LogP contribution in [0.25, 0.3) is 0 Å². The van der Waals surface area contributed by atoms with E-state index in [9.17, 15) is 9.59 Å². The molecule has 2 amide bonds. The van der Waals surface area contributed by atoms with Crippen LogP contribution >= 0.6 is 0 Å². The summed E-state index contributed by atoms with van der Waals surface area (Å²) in [6.07, 6.45) is 1.89. The highest BCUT2D eigenvalue weighted by molar-refractivity contribution is 5.94. The zero-order valence-electron chi connectivity index (χ0n) is 12.1. The first kappa shape index (κ1) is 16.2. The lowest BCUT2D eigenvalue weighted by Gasteiger charge is -2.11. The Balaban J connectivity index is 2.54. The molecule has 0 aliphatic carbocycles. The van der Waals surface area contributed by atoms with Gasteiger partial charge in [-0.3, -0.25) is 9.59 Å². The Morgan fingerprint density at radius 1 is 1.20 bits per heavy atom. The Hall–Kier alpha value is -1.88. The third-order valence-electron chi connectivity index (χ3n) is 2.90. The lowest BCUT2D eigenvalue weighted by atomic mass is 10.1. The summed E-state index contributed by atoms with van der Waals surface area (Å²) in [6, 6.07) is 6.75. The average molecular weight is 277 g/mol. The molecule has 0 bridgehead atoms. The van der Waals surface area contributed by atoms with Gasteiger partial charge >= 0.3 is 0 Å². The van der Waals surface area contributed by atoms with Crippen molar-refractivity contribution in [1.29, 1.82) is 0 Å². The fourth-order valence-electron chi connectivity index (χ4n) is 1.83. The van der Waals surface area contributed by atoms with E-state index in [-0.39, 0.29) is 11.8 Å². The normalized spacial score (nSPS) is 11.8. The van der Waals surface area contributed by atoms with Crippen molar-refractivity contribution >= 4 is 17.5 Å². The Kier molecular flexibility index (Phi) is 6.73. The fraction of sp³-hybridized carbons (Fsp3) is 0.467. The van der Waals surface area contributed by atoms with Gasteiger partial charge in [0, 0.05) is 12.2 Å². The molecule has 1 rings (SSSR count).